The van der Waals surface area contributed by atoms with Crippen molar-refractivity contribution in [2.75, 3.05) is 0 Å². The lowest BCUT2D eigenvalue weighted by Gasteiger charge is -2.26. The van der Waals surface area contributed by atoms with Crippen molar-refractivity contribution < 1.29 is 20.5 Å². The molecule has 0 saturated heterocycles. The van der Waals surface area contributed by atoms with Crippen LogP contribution in [0.3, 0.4) is 0 Å². The van der Waals surface area contributed by atoms with E-state index < -0.39 is 29.3 Å². The van der Waals surface area contributed by atoms with Crippen LogP contribution in [0.2, 0.25) is 0 Å². The van der Waals surface area contributed by atoms with E-state index in [0.717, 1.165) is 11.1 Å². The summed E-state index contributed by atoms with van der Waals surface area (Å²) in [6, 6.07) is 7.00. The fourth-order valence-electron chi connectivity index (χ4n) is 1.98. The van der Waals surface area contributed by atoms with Gasteiger partial charge < -0.3 is 14.8 Å². The summed E-state index contributed by atoms with van der Waals surface area (Å²) in [7, 11) is 0. The van der Waals surface area contributed by atoms with Crippen LogP contribution in [-0.2, 0) is 20.7 Å². The molecule has 0 aliphatic carbocycles. The minimum absolute atomic E-state index is 0. The Kier molecular flexibility index (Phi) is 9.39. The molecule has 0 saturated carbocycles. The van der Waals surface area contributed by atoms with E-state index in [2.05, 4.69) is 5.32 Å². The van der Waals surface area contributed by atoms with Crippen molar-refractivity contribution in [1.82, 2.24) is 5.32 Å². The van der Waals surface area contributed by atoms with Crippen molar-refractivity contribution in [1.29, 1.82) is 0 Å². The first kappa shape index (κ1) is 24.0. The number of hydrogen-bond acceptors (Lipinski definition) is 4. The molecule has 1 N–H and O–H groups in total. The third-order valence-electron chi connectivity index (χ3n) is 2.94. The maximum Gasteiger partial charge on any atom is 0.408 e. The van der Waals surface area contributed by atoms with Crippen molar-refractivity contribution in [2.24, 2.45) is 0 Å². The van der Waals surface area contributed by atoms with Gasteiger partial charge in [-0.3, -0.25) is 0 Å². The molecule has 5 heteroatoms. The van der Waals surface area contributed by atoms with Crippen LogP contribution in [0, 0.1) is 6.92 Å². The zero-order valence-electron chi connectivity index (χ0n) is 17.7. The number of nitrogens with one attached hydrogen (secondary N) is 1. The molecule has 0 spiro atoms. The molecule has 0 aliphatic rings. The molecular formula is C21H37NO4. The summed E-state index contributed by atoms with van der Waals surface area (Å²) in [4.78, 5) is 24.5. The quantitative estimate of drug-likeness (QED) is 0.757. The number of esters is 1. The van der Waals surface area contributed by atoms with Gasteiger partial charge in [0.15, 0.2) is 0 Å². The van der Waals surface area contributed by atoms with Crippen LogP contribution in [0.25, 0.3) is 0 Å². The van der Waals surface area contributed by atoms with Gasteiger partial charge in [-0.15, -0.1) is 0 Å². The number of carbonyl (C=O) groups excluding carboxylic acids is 2. The van der Waals surface area contributed by atoms with Gasteiger partial charge in [0.05, 0.1) is 0 Å². The smallest absolute Gasteiger partial charge is 0.408 e. The molecule has 0 fully saturated rings. The Morgan fingerprint density at radius 3 is 1.85 bits per heavy atom. The maximum absolute atomic E-state index is 12.4. The second-order valence-corrected chi connectivity index (χ2v) is 7.92. The van der Waals surface area contributed by atoms with Gasteiger partial charge in [-0.1, -0.05) is 43.7 Å². The average molecular weight is 368 g/mol. The highest BCUT2D eigenvalue weighted by Gasteiger charge is 2.28. The molecule has 1 atom stereocenters. The molecule has 0 unspecified atom stereocenters. The van der Waals surface area contributed by atoms with E-state index in [1.165, 1.54) is 0 Å². The van der Waals surface area contributed by atoms with Gasteiger partial charge in [0.25, 0.3) is 0 Å². The molecule has 1 aromatic carbocycles. The SMILES string of the molecule is CC.Cc1ccc(C[C@H](NC(=O)OC(C)(C)C)C(=O)OC(C)(C)C)cc1.[HH]. The van der Waals surface area contributed by atoms with E-state index in [0.29, 0.717) is 6.42 Å². The Morgan fingerprint density at radius 2 is 1.42 bits per heavy atom. The Hall–Kier alpha value is -2.04. The molecule has 0 aromatic heterocycles. The molecule has 1 aromatic rings. The second kappa shape index (κ2) is 10.2. The van der Waals surface area contributed by atoms with Crippen molar-refractivity contribution in [3.8, 4) is 0 Å². The summed E-state index contributed by atoms with van der Waals surface area (Å²) in [5.74, 6) is -0.478. The lowest BCUT2D eigenvalue weighted by atomic mass is 10.0. The molecule has 26 heavy (non-hydrogen) atoms. The highest BCUT2D eigenvalue weighted by molar-refractivity contribution is 5.82. The van der Waals surface area contributed by atoms with Crippen LogP contribution >= 0.6 is 0 Å². The van der Waals surface area contributed by atoms with Crippen molar-refractivity contribution in [3.05, 3.63) is 35.4 Å². The van der Waals surface area contributed by atoms with Gasteiger partial charge in [-0.2, -0.15) is 0 Å². The lowest BCUT2D eigenvalue weighted by Crippen LogP contribution is -2.47. The van der Waals surface area contributed by atoms with Gasteiger partial charge in [0, 0.05) is 7.85 Å². The van der Waals surface area contributed by atoms with Crippen LogP contribution in [0.5, 0.6) is 0 Å². The van der Waals surface area contributed by atoms with E-state index in [9.17, 15) is 9.59 Å². The van der Waals surface area contributed by atoms with Crippen LogP contribution in [0.1, 0.15) is 67.9 Å². The van der Waals surface area contributed by atoms with Crippen LogP contribution in [0.4, 0.5) is 4.79 Å². The summed E-state index contributed by atoms with van der Waals surface area (Å²) < 4.78 is 10.7. The molecule has 0 bridgehead atoms. The minimum atomic E-state index is -0.804. The van der Waals surface area contributed by atoms with Gasteiger partial charge in [0.1, 0.15) is 17.2 Å². The molecule has 5 nitrogen and oxygen atoms in total. The molecular weight excluding hydrogens is 330 g/mol. The third kappa shape index (κ3) is 10.7. The predicted octanol–water partition coefficient (Wildman–Crippen LogP) is 5.04. The number of carbonyl (C=O) groups is 2. The molecule has 0 radical (unpaired) electrons. The molecule has 0 heterocycles. The largest absolute Gasteiger partial charge is 0.458 e. The van der Waals surface area contributed by atoms with E-state index in [1.54, 1.807) is 41.5 Å². The average Bonchev–Trinajstić information content (AvgIpc) is 2.47. The van der Waals surface area contributed by atoms with Gasteiger partial charge in [-0.05, 0) is 54.0 Å². The number of benzene rings is 1. The van der Waals surface area contributed by atoms with Gasteiger partial charge in [-0.25, -0.2) is 9.59 Å². The molecule has 150 valence electrons. The molecule has 1 amide bonds. The summed E-state index contributed by atoms with van der Waals surface area (Å²) in [6.45, 7) is 16.7. The Bertz CT molecular complexity index is 571. The zero-order valence-corrected chi connectivity index (χ0v) is 17.7. The summed E-state index contributed by atoms with van der Waals surface area (Å²) in [6.07, 6.45) is -0.292. The number of alkyl carbamates (subject to hydrolysis) is 1. The van der Waals surface area contributed by atoms with Crippen LogP contribution < -0.4 is 5.32 Å². The fourth-order valence-corrected chi connectivity index (χ4v) is 1.98. The first-order valence-electron chi connectivity index (χ1n) is 9.14. The first-order valence-corrected chi connectivity index (χ1v) is 9.14. The van der Waals surface area contributed by atoms with Gasteiger partial charge >= 0.3 is 12.1 Å². The van der Waals surface area contributed by atoms with Gasteiger partial charge in [0.2, 0.25) is 0 Å². The normalized spacial score (nSPS) is 12.3. The molecule has 0 aliphatic heterocycles. The van der Waals surface area contributed by atoms with Crippen LogP contribution in [0.15, 0.2) is 24.3 Å². The Morgan fingerprint density at radius 1 is 0.962 bits per heavy atom. The summed E-state index contributed by atoms with van der Waals surface area (Å²) in [5, 5.41) is 2.62. The summed E-state index contributed by atoms with van der Waals surface area (Å²) in [5.41, 5.74) is 0.810. The zero-order chi connectivity index (χ0) is 20.5. The highest BCUT2D eigenvalue weighted by atomic mass is 16.6. The number of hydrogen-bond donors (Lipinski definition) is 1. The first-order chi connectivity index (χ1) is 11.9. The van der Waals surface area contributed by atoms with E-state index in [4.69, 9.17) is 9.47 Å². The Balaban J connectivity index is 0. The van der Waals surface area contributed by atoms with Crippen molar-refractivity contribution in [3.63, 3.8) is 0 Å². The Labute approximate surface area is 159 Å². The highest BCUT2D eigenvalue weighted by Crippen LogP contribution is 2.13. The van der Waals surface area contributed by atoms with Crippen LogP contribution in [-0.4, -0.2) is 29.3 Å². The number of ether oxygens (including phenoxy) is 2. The topological polar surface area (TPSA) is 64.6 Å². The number of aryl methyl sites for hydroxylation is 1. The summed E-state index contributed by atoms with van der Waals surface area (Å²) >= 11 is 0. The maximum atomic E-state index is 12.4. The monoisotopic (exact) mass is 367 g/mol. The van der Waals surface area contributed by atoms with Crippen molar-refractivity contribution >= 4 is 12.1 Å². The fraction of sp³-hybridized carbons (Fsp3) is 0.619. The van der Waals surface area contributed by atoms with E-state index in [1.807, 2.05) is 45.0 Å². The number of rotatable bonds is 4. The van der Waals surface area contributed by atoms with E-state index in [-0.39, 0.29) is 1.43 Å². The lowest BCUT2D eigenvalue weighted by molar-refractivity contribution is -0.157. The molecule has 1 rings (SSSR count). The number of amides is 1. The van der Waals surface area contributed by atoms with E-state index >= 15 is 0 Å². The van der Waals surface area contributed by atoms with Crippen molar-refractivity contribution in [2.45, 2.75) is 86.0 Å². The minimum Gasteiger partial charge on any atom is -0.458 e. The third-order valence-corrected chi connectivity index (χ3v) is 2.94. The second-order valence-electron chi connectivity index (χ2n) is 7.92. The predicted molar refractivity (Wildman–Crippen MR) is 107 cm³/mol. The standard InChI is InChI=1S/C19H29NO4.C2H6.H2/c1-13-8-10-14(11-9-13)12-15(16(21)23-18(2,3)4)20-17(22)24-19(5,6)7;1-2;/h8-11,15H,12H2,1-7H3,(H,20,22);1-2H3;1H/t15-;;/m0../s1.